The van der Waals surface area contributed by atoms with Crippen LogP contribution in [-0.2, 0) is 0 Å². The number of nitrogens with zero attached hydrogens (tertiary/aromatic N) is 4. The minimum Gasteiger partial charge on any atom is -0.457 e. The van der Waals surface area contributed by atoms with Crippen LogP contribution in [0.25, 0.3) is 22.4 Å². The molecule has 6 nitrogen and oxygen atoms in total. The summed E-state index contributed by atoms with van der Waals surface area (Å²) in [6.07, 6.45) is 6.01. The Kier molecular flexibility index (Phi) is 8.87. The Hall–Kier alpha value is -6.79. The highest BCUT2D eigenvalue weighted by Crippen LogP contribution is 2.40. The van der Waals surface area contributed by atoms with E-state index in [1.807, 2.05) is 79.0 Å². The molecule has 6 aromatic carbocycles. The molecule has 0 saturated carbocycles. The van der Waals surface area contributed by atoms with Crippen LogP contribution in [0.1, 0.15) is 0 Å². The zero-order valence-corrected chi connectivity index (χ0v) is 28.2. The maximum Gasteiger partial charge on any atom is 0.130 e. The average molecular weight is 665 g/mol. The van der Waals surface area contributed by atoms with E-state index in [1.54, 1.807) is 0 Å². The van der Waals surface area contributed by atoms with Crippen LogP contribution in [0.2, 0.25) is 0 Å². The molecule has 0 aliphatic carbocycles. The van der Waals surface area contributed by atoms with Gasteiger partial charge < -0.3 is 24.2 Å². The molecule has 1 aliphatic heterocycles. The number of pyridine rings is 1. The highest BCUT2D eigenvalue weighted by atomic mass is 16.5. The average Bonchev–Trinajstić information content (AvgIpc) is 3.63. The number of para-hydroxylation sites is 3. The second kappa shape index (κ2) is 14.4. The molecule has 0 N–H and O–H groups in total. The van der Waals surface area contributed by atoms with E-state index >= 15 is 0 Å². The summed E-state index contributed by atoms with van der Waals surface area (Å²) in [5.74, 6) is 3.03. The number of rotatable bonds is 10. The lowest BCUT2D eigenvalue weighted by Gasteiger charge is -2.26. The van der Waals surface area contributed by atoms with E-state index < -0.39 is 0 Å². The van der Waals surface area contributed by atoms with E-state index in [1.165, 1.54) is 0 Å². The zero-order valence-electron chi connectivity index (χ0n) is 28.2. The molecule has 0 radical (unpaired) electrons. The fraction of sp³-hybridized carbons (Fsp3) is 0.0444. The summed E-state index contributed by atoms with van der Waals surface area (Å²) in [7, 11) is 2.06. The first kappa shape index (κ1) is 31.5. The molecule has 1 aromatic heterocycles. The molecule has 51 heavy (non-hydrogen) atoms. The molecule has 0 atom stereocenters. The van der Waals surface area contributed by atoms with Crippen molar-refractivity contribution in [3.05, 3.63) is 188 Å². The van der Waals surface area contributed by atoms with Gasteiger partial charge in [0, 0.05) is 60.4 Å². The molecule has 2 heterocycles. The van der Waals surface area contributed by atoms with Crippen LogP contribution in [-0.4, -0.2) is 23.6 Å². The molecular formula is C45H36N4O2. The summed E-state index contributed by atoms with van der Waals surface area (Å²) in [5, 5.41) is 0. The molecule has 248 valence electrons. The van der Waals surface area contributed by atoms with Crippen molar-refractivity contribution in [3.8, 4) is 45.4 Å². The monoisotopic (exact) mass is 664 g/mol. The summed E-state index contributed by atoms with van der Waals surface area (Å²) in [4.78, 5) is 11.4. The second-order valence-corrected chi connectivity index (χ2v) is 12.4. The van der Waals surface area contributed by atoms with Crippen molar-refractivity contribution in [1.82, 2.24) is 9.88 Å². The molecule has 0 saturated heterocycles. The Morgan fingerprint density at radius 2 is 1.10 bits per heavy atom. The molecule has 8 rings (SSSR count). The first-order valence-corrected chi connectivity index (χ1v) is 16.9. The van der Waals surface area contributed by atoms with E-state index in [4.69, 9.17) is 14.5 Å². The summed E-state index contributed by atoms with van der Waals surface area (Å²) in [5.41, 5.74) is 7.91. The summed E-state index contributed by atoms with van der Waals surface area (Å²) in [6.45, 7) is 0.787. The second-order valence-electron chi connectivity index (χ2n) is 12.4. The number of hydrogen-bond acceptors (Lipinski definition) is 6. The van der Waals surface area contributed by atoms with Gasteiger partial charge in [-0.2, -0.15) is 0 Å². The van der Waals surface area contributed by atoms with Crippen molar-refractivity contribution in [1.29, 1.82) is 0 Å². The van der Waals surface area contributed by atoms with E-state index in [0.29, 0.717) is 5.75 Å². The van der Waals surface area contributed by atoms with Crippen molar-refractivity contribution in [2.24, 2.45) is 0 Å². The van der Waals surface area contributed by atoms with Crippen molar-refractivity contribution in [3.63, 3.8) is 0 Å². The van der Waals surface area contributed by atoms with Crippen LogP contribution in [0, 0.1) is 0 Å². The Morgan fingerprint density at radius 3 is 1.80 bits per heavy atom. The van der Waals surface area contributed by atoms with Gasteiger partial charge in [-0.05, 0) is 96.1 Å². The van der Waals surface area contributed by atoms with Crippen molar-refractivity contribution in [2.45, 2.75) is 0 Å². The van der Waals surface area contributed by atoms with Crippen LogP contribution >= 0.6 is 0 Å². The lowest BCUT2D eigenvalue weighted by molar-refractivity contribution is 0.481. The predicted molar refractivity (Wildman–Crippen MR) is 207 cm³/mol. The van der Waals surface area contributed by atoms with Crippen LogP contribution in [0.4, 0.5) is 22.7 Å². The molecule has 0 unspecified atom stereocenters. The van der Waals surface area contributed by atoms with Gasteiger partial charge in [0.05, 0.1) is 18.1 Å². The van der Waals surface area contributed by atoms with Gasteiger partial charge in [0.25, 0.3) is 0 Å². The summed E-state index contributed by atoms with van der Waals surface area (Å²) < 4.78 is 12.8. The SMILES string of the molecule is CN1C=CN(c2cccc(Oc3cc(-c4cc(-c5cccc(Oc6ccccc6)c5)ccn4)cc(N(c4ccccc4)c4ccccc4)c3)c2)C1. The maximum absolute atomic E-state index is 6.68. The van der Waals surface area contributed by atoms with Crippen LogP contribution < -0.4 is 19.3 Å². The van der Waals surface area contributed by atoms with E-state index in [-0.39, 0.29) is 0 Å². The highest BCUT2D eigenvalue weighted by molar-refractivity contribution is 5.81. The Labute approximate surface area is 298 Å². The molecule has 1 aliphatic rings. The maximum atomic E-state index is 6.68. The van der Waals surface area contributed by atoms with E-state index in [9.17, 15) is 0 Å². The van der Waals surface area contributed by atoms with Crippen molar-refractivity contribution in [2.75, 3.05) is 23.5 Å². The summed E-state index contributed by atoms with van der Waals surface area (Å²) in [6, 6.07) is 57.4. The number of benzene rings is 6. The molecule has 7 aromatic rings. The lowest BCUT2D eigenvalue weighted by atomic mass is 10.0. The van der Waals surface area contributed by atoms with Crippen LogP contribution in [0.15, 0.2) is 188 Å². The largest absolute Gasteiger partial charge is 0.457 e. The molecular weight excluding hydrogens is 629 g/mol. The Morgan fingerprint density at radius 1 is 0.490 bits per heavy atom. The van der Waals surface area contributed by atoms with Crippen LogP contribution in [0.5, 0.6) is 23.0 Å². The Balaban J connectivity index is 1.20. The minimum absolute atomic E-state index is 0.705. The van der Waals surface area contributed by atoms with E-state index in [0.717, 1.165) is 69.1 Å². The fourth-order valence-electron chi connectivity index (χ4n) is 6.21. The standard InChI is InChI=1S/C45H36N4O2/c1-47-25-26-48(33-47)39-18-12-22-43(31-39)51-44-29-36(27-40(32-44)49(37-14-5-2-6-15-37)38-16-7-3-8-17-38)45-30-35(23-24-46-45)34-13-11-21-42(28-34)50-41-19-9-4-10-20-41/h2-32H,33H2,1H3. The molecule has 0 bridgehead atoms. The van der Waals surface area contributed by atoms with Crippen molar-refractivity contribution < 1.29 is 9.47 Å². The molecule has 0 spiro atoms. The minimum atomic E-state index is 0.705. The van der Waals surface area contributed by atoms with E-state index in [2.05, 4.69) is 131 Å². The number of aromatic nitrogens is 1. The third kappa shape index (κ3) is 7.31. The number of ether oxygens (including phenoxy) is 2. The van der Waals surface area contributed by atoms with Gasteiger partial charge in [-0.1, -0.05) is 72.8 Å². The quantitative estimate of drug-likeness (QED) is 0.145. The third-order valence-corrected chi connectivity index (χ3v) is 8.64. The first-order valence-electron chi connectivity index (χ1n) is 16.9. The third-order valence-electron chi connectivity index (χ3n) is 8.64. The number of hydrogen-bond donors (Lipinski definition) is 0. The summed E-state index contributed by atoms with van der Waals surface area (Å²) >= 11 is 0. The van der Waals surface area contributed by atoms with Crippen LogP contribution in [0.3, 0.4) is 0 Å². The lowest BCUT2D eigenvalue weighted by Crippen LogP contribution is -2.21. The van der Waals surface area contributed by atoms with Gasteiger partial charge in [-0.15, -0.1) is 0 Å². The highest BCUT2D eigenvalue weighted by Gasteiger charge is 2.17. The fourth-order valence-corrected chi connectivity index (χ4v) is 6.21. The molecule has 0 fully saturated rings. The van der Waals surface area contributed by atoms with Gasteiger partial charge >= 0.3 is 0 Å². The molecule has 0 amide bonds. The topological polar surface area (TPSA) is 41.1 Å². The Bertz CT molecular complexity index is 2240. The normalized spacial score (nSPS) is 12.2. The zero-order chi connectivity index (χ0) is 34.4. The number of anilines is 4. The first-order chi connectivity index (χ1) is 25.1. The predicted octanol–water partition coefficient (Wildman–Crippen LogP) is 11.7. The van der Waals surface area contributed by atoms with Gasteiger partial charge in [0.1, 0.15) is 23.0 Å². The van der Waals surface area contributed by atoms with Gasteiger partial charge in [-0.25, -0.2) is 0 Å². The smallest absolute Gasteiger partial charge is 0.130 e. The van der Waals surface area contributed by atoms with Gasteiger partial charge in [-0.3, -0.25) is 4.98 Å². The molecule has 6 heteroatoms. The van der Waals surface area contributed by atoms with Gasteiger partial charge in [0.15, 0.2) is 0 Å². The van der Waals surface area contributed by atoms with Crippen molar-refractivity contribution >= 4 is 22.7 Å². The van der Waals surface area contributed by atoms with Gasteiger partial charge in [0.2, 0.25) is 0 Å².